The van der Waals surface area contributed by atoms with E-state index in [9.17, 15) is 9.18 Å². The van der Waals surface area contributed by atoms with E-state index in [4.69, 9.17) is 21.7 Å². The molecule has 8 heteroatoms. The number of carbonyl (C=O) groups excluding carboxylic acids is 1. The maximum absolute atomic E-state index is 13.1. The van der Waals surface area contributed by atoms with E-state index >= 15 is 0 Å². The Kier molecular flexibility index (Phi) is 7.55. The van der Waals surface area contributed by atoms with Crippen LogP contribution in [0.1, 0.15) is 25.0 Å². The average molecular weight is 510 g/mol. The number of carbonyl (C=O) groups is 1. The van der Waals surface area contributed by atoms with Gasteiger partial charge in [-0.3, -0.25) is 9.69 Å². The van der Waals surface area contributed by atoms with Gasteiger partial charge < -0.3 is 9.47 Å². The summed E-state index contributed by atoms with van der Waals surface area (Å²) >= 11 is 10.2. The molecule has 0 bridgehead atoms. The molecule has 1 aliphatic rings. The van der Waals surface area contributed by atoms with Crippen LogP contribution in [-0.4, -0.2) is 28.8 Å². The van der Waals surface area contributed by atoms with Crippen LogP contribution in [-0.2, 0) is 11.4 Å². The number of hydrogen-bond acceptors (Lipinski definition) is 5. The molecule has 0 atom stereocenters. The topological polar surface area (TPSA) is 38.8 Å². The van der Waals surface area contributed by atoms with Crippen LogP contribution in [0, 0.1) is 11.7 Å². The Bertz CT molecular complexity index is 993. The first-order valence-electron chi connectivity index (χ1n) is 9.28. The fourth-order valence-corrected chi connectivity index (χ4v) is 4.54. The van der Waals surface area contributed by atoms with Crippen molar-refractivity contribution in [2.45, 2.75) is 20.5 Å². The molecule has 0 spiro atoms. The van der Waals surface area contributed by atoms with Crippen molar-refractivity contribution in [1.82, 2.24) is 4.90 Å². The molecule has 1 fully saturated rings. The Morgan fingerprint density at radius 1 is 1.23 bits per heavy atom. The number of hydrogen-bond donors (Lipinski definition) is 0. The van der Waals surface area contributed by atoms with E-state index in [1.807, 2.05) is 13.8 Å². The molecule has 1 aliphatic heterocycles. The zero-order valence-electron chi connectivity index (χ0n) is 16.8. The van der Waals surface area contributed by atoms with E-state index in [2.05, 4.69) is 15.9 Å². The molecule has 0 aliphatic carbocycles. The fourth-order valence-electron chi connectivity index (χ4n) is 2.84. The number of thioether (sulfide) groups is 1. The summed E-state index contributed by atoms with van der Waals surface area (Å²) in [4.78, 5) is 14.9. The smallest absolute Gasteiger partial charge is 0.266 e. The summed E-state index contributed by atoms with van der Waals surface area (Å²) in [6, 6.07) is 9.73. The SMILES string of the molecule is COc1cc(/C=C2\SC(=S)N(CC(C)C)C2=O)c(Br)cc1OCc1ccc(F)cc1. The lowest BCUT2D eigenvalue weighted by atomic mass is 10.1. The summed E-state index contributed by atoms with van der Waals surface area (Å²) in [5.41, 5.74) is 1.62. The van der Waals surface area contributed by atoms with Gasteiger partial charge in [0.15, 0.2) is 11.5 Å². The Labute approximate surface area is 193 Å². The van der Waals surface area contributed by atoms with Crippen molar-refractivity contribution in [3.63, 3.8) is 0 Å². The molecule has 2 aromatic rings. The number of amides is 1. The largest absolute Gasteiger partial charge is 0.493 e. The minimum absolute atomic E-state index is 0.0822. The highest BCUT2D eigenvalue weighted by Crippen LogP contribution is 2.38. The molecule has 1 amide bonds. The summed E-state index contributed by atoms with van der Waals surface area (Å²) < 4.78 is 25.7. The van der Waals surface area contributed by atoms with Crippen molar-refractivity contribution in [3.8, 4) is 11.5 Å². The number of benzene rings is 2. The first kappa shape index (κ1) is 22.8. The third-order valence-electron chi connectivity index (χ3n) is 4.30. The van der Waals surface area contributed by atoms with Crippen LogP contribution in [0.3, 0.4) is 0 Å². The van der Waals surface area contributed by atoms with Crippen molar-refractivity contribution in [3.05, 3.63) is 62.7 Å². The monoisotopic (exact) mass is 509 g/mol. The maximum Gasteiger partial charge on any atom is 0.266 e. The average Bonchev–Trinajstić information content (AvgIpc) is 2.96. The molecule has 1 saturated heterocycles. The normalized spacial score (nSPS) is 15.4. The van der Waals surface area contributed by atoms with E-state index < -0.39 is 0 Å². The summed E-state index contributed by atoms with van der Waals surface area (Å²) in [5.74, 6) is 1.03. The Morgan fingerprint density at radius 2 is 1.93 bits per heavy atom. The van der Waals surface area contributed by atoms with Gasteiger partial charge in [-0.25, -0.2) is 4.39 Å². The van der Waals surface area contributed by atoms with E-state index in [1.54, 1.807) is 42.4 Å². The molecule has 0 N–H and O–H groups in total. The van der Waals surface area contributed by atoms with Crippen LogP contribution in [0.5, 0.6) is 11.5 Å². The molecule has 3 rings (SSSR count). The van der Waals surface area contributed by atoms with Gasteiger partial charge in [-0.1, -0.05) is 65.9 Å². The lowest BCUT2D eigenvalue weighted by Crippen LogP contribution is -2.31. The summed E-state index contributed by atoms with van der Waals surface area (Å²) in [6.45, 7) is 4.97. The highest BCUT2D eigenvalue weighted by Gasteiger charge is 2.32. The van der Waals surface area contributed by atoms with Crippen molar-refractivity contribution in [2.24, 2.45) is 5.92 Å². The molecule has 30 heavy (non-hydrogen) atoms. The second-order valence-corrected chi connectivity index (χ2v) is 9.66. The van der Waals surface area contributed by atoms with Crippen molar-refractivity contribution in [1.29, 1.82) is 0 Å². The van der Waals surface area contributed by atoms with Crippen molar-refractivity contribution < 1.29 is 18.7 Å². The minimum Gasteiger partial charge on any atom is -0.493 e. The fraction of sp³-hybridized carbons (Fsp3) is 0.273. The highest BCUT2D eigenvalue weighted by molar-refractivity contribution is 9.10. The summed E-state index contributed by atoms with van der Waals surface area (Å²) in [6.07, 6.45) is 1.80. The lowest BCUT2D eigenvalue weighted by Gasteiger charge is -2.16. The molecule has 4 nitrogen and oxygen atoms in total. The second-order valence-electron chi connectivity index (χ2n) is 7.13. The summed E-state index contributed by atoms with van der Waals surface area (Å²) in [5, 5.41) is 0. The number of ether oxygens (including phenoxy) is 2. The Balaban J connectivity index is 1.81. The third-order valence-corrected chi connectivity index (χ3v) is 6.36. The predicted octanol–water partition coefficient (Wildman–Crippen LogP) is 6.03. The number of halogens is 2. The van der Waals surface area contributed by atoms with Gasteiger partial charge in [0.05, 0.1) is 12.0 Å². The molecular formula is C22H21BrFNO3S2. The number of thiocarbonyl (C=S) groups is 1. The quantitative estimate of drug-likeness (QED) is 0.336. The summed E-state index contributed by atoms with van der Waals surface area (Å²) in [7, 11) is 1.56. The first-order valence-corrected chi connectivity index (χ1v) is 11.3. The van der Waals surface area contributed by atoms with E-state index in [0.717, 1.165) is 15.6 Å². The molecular weight excluding hydrogens is 489 g/mol. The molecule has 0 radical (unpaired) electrons. The minimum atomic E-state index is -0.290. The van der Waals surface area contributed by atoms with Crippen LogP contribution in [0.25, 0.3) is 6.08 Å². The van der Waals surface area contributed by atoms with Gasteiger partial charge in [-0.15, -0.1) is 0 Å². The standard InChI is InChI=1S/C22H21BrFNO3S2/c1-13(2)11-25-21(26)20(30-22(25)29)9-15-8-18(27-3)19(10-17(15)23)28-12-14-4-6-16(24)7-5-14/h4-10,13H,11-12H2,1-3H3/b20-9-. The molecule has 2 aromatic carbocycles. The highest BCUT2D eigenvalue weighted by atomic mass is 79.9. The van der Waals surface area contributed by atoms with Gasteiger partial charge in [-0.05, 0) is 47.4 Å². The van der Waals surface area contributed by atoms with Crippen LogP contribution in [0.15, 0.2) is 45.8 Å². The molecule has 0 aromatic heterocycles. The second kappa shape index (κ2) is 9.94. The molecule has 1 heterocycles. The molecule has 0 unspecified atom stereocenters. The van der Waals surface area contributed by atoms with E-state index in [1.165, 1.54) is 23.9 Å². The van der Waals surface area contributed by atoms with Gasteiger partial charge in [0.25, 0.3) is 5.91 Å². The Hall–Kier alpha value is -1.90. The molecule has 0 saturated carbocycles. The zero-order chi connectivity index (χ0) is 21.8. The lowest BCUT2D eigenvalue weighted by molar-refractivity contribution is -0.122. The maximum atomic E-state index is 13.1. The van der Waals surface area contributed by atoms with Crippen LogP contribution in [0.2, 0.25) is 0 Å². The zero-order valence-corrected chi connectivity index (χ0v) is 20.0. The van der Waals surface area contributed by atoms with Crippen molar-refractivity contribution in [2.75, 3.05) is 13.7 Å². The number of nitrogens with zero attached hydrogens (tertiary/aromatic N) is 1. The number of methoxy groups -OCH3 is 1. The van der Waals surface area contributed by atoms with Crippen molar-refractivity contribution >= 4 is 56.2 Å². The number of rotatable bonds is 7. The van der Waals surface area contributed by atoms with E-state index in [-0.39, 0.29) is 18.3 Å². The van der Waals surface area contributed by atoms with Crippen LogP contribution < -0.4 is 9.47 Å². The van der Waals surface area contributed by atoms with E-state index in [0.29, 0.717) is 33.2 Å². The third kappa shape index (κ3) is 5.42. The van der Waals surface area contributed by atoms with Gasteiger partial charge >= 0.3 is 0 Å². The van der Waals surface area contributed by atoms with Crippen LogP contribution in [0.4, 0.5) is 4.39 Å². The first-order chi connectivity index (χ1) is 14.3. The van der Waals surface area contributed by atoms with Gasteiger partial charge in [0, 0.05) is 11.0 Å². The van der Waals surface area contributed by atoms with Gasteiger partial charge in [-0.2, -0.15) is 0 Å². The Morgan fingerprint density at radius 3 is 2.57 bits per heavy atom. The predicted molar refractivity (Wildman–Crippen MR) is 126 cm³/mol. The van der Waals surface area contributed by atoms with Gasteiger partial charge in [0.2, 0.25) is 0 Å². The molecule has 158 valence electrons. The van der Waals surface area contributed by atoms with Crippen LogP contribution >= 0.6 is 39.9 Å². The van der Waals surface area contributed by atoms with Gasteiger partial charge in [0.1, 0.15) is 16.7 Å².